The van der Waals surface area contributed by atoms with Crippen molar-refractivity contribution in [2.75, 3.05) is 6.54 Å². The number of carbonyl (C=O) groups excluding carboxylic acids is 1. The third kappa shape index (κ3) is 2.02. The minimum absolute atomic E-state index is 0.0330. The first-order valence-corrected chi connectivity index (χ1v) is 6.08. The number of hydrogen-bond donors (Lipinski definition) is 3. The van der Waals surface area contributed by atoms with E-state index in [2.05, 4.69) is 31.3 Å². The minimum atomic E-state index is -0.0330. The first-order chi connectivity index (χ1) is 8.34. The quantitative estimate of drug-likeness (QED) is 0.639. The van der Waals surface area contributed by atoms with Gasteiger partial charge in [0.1, 0.15) is 0 Å². The summed E-state index contributed by atoms with van der Waals surface area (Å²) in [5.41, 5.74) is 0. The zero-order chi connectivity index (χ0) is 11.7. The van der Waals surface area contributed by atoms with Crippen LogP contribution < -0.4 is 10.6 Å². The van der Waals surface area contributed by atoms with E-state index in [1.807, 2.05) is 0 Å². The van der Waals surface area contributed by atoms with Gasteiger partial charge in [0.25, 0.3) is 0 Å². The molecule has 1 aliphatic heterocycles. The fraction of sp³-hybridized carbons (Fsp3) is 0.800. The van der Waals surface area contributed by atoms with Crippen LogP contribution in [0.1, 0.15) is 25.1 Å². The van der Waals surface area contributed by atoms with Crippen molar-refractivity contribution in [2.24, 2.45) is 11.8 Å². The van der Waals surface area contributed by atoms with Crippen molar-refractivity contribution in [1.82, 2.24) is 31.3 Å². The third-order valence-electron chi connectivity index (χ3n) is 3.84. The molecule has 3 rings (SSSR count). The molecule has 0 radical (unpaired) electrons. The van der Waals surface area contributed by atoms with Gasteiger partial charge in [-0.3, -0.25) is 4.79 Å². The maximum Gasteiger partial charge on any atom is 0.237 e. The Morgan fingerprint density at radius 1 is 1.47 bits per heavy atom. The van der Waals surface area contributed by atoms with Crippen molar-refractivity contribution < 1.29 is 4.79 Å². The lowest BCUT2D eigenvalue weighted by Crippen LogP contribution is -2.43. The van der Waals surface area contributed by atoms with Crippen LogP contribution in [0.5, 0.6) is 0 Å². The number of H-pyrrole nitrogens is 1. The highest BCUT2D eigenvalue weighted by Gasteiger charge is 2.42. The normalized spacial score (nSPS) is 31.4. The van der Waals surface area contributed by atoms with E-state index in [0.717, 1.165) is 13.0 Å². The summed E-state index contributed by atoms with van der Waals surface area (Å²) in [6.07, 6.45) is 3.68. The van der Waals surface area contributed by atoms with E-state index in [4.69, 9.17) is 0 Å². The third-order valence-corrected chi connectivity index (χ3v) is 3.84. The molecule has 0 aromatic carbocycles. The van der Waals surface area contributed by atoms with Gasteiger partial charge in [-0.2, -0.15) is 5.21 Å². The largest absolute Gasteiger partial charge is 0.347 e. The number of hydrogen-bond acceptors (Lipinski definition) is 5. The Hall–Kier alpha value is -1.50. The second-order valence-corrected chi connectivity index (χ2v) is 4.79. The number of amides is 1. The maximum atomic E-state index is 12.0. The number of carbonyl (C=O) groups is 1. The van der Waals surface area contributed by atoms with Crippen molar-refractivity contribution in [1.29, 1.82) is 0 Å². The van der Waals surface area contributed by atoms with Gasteiger partial charge in [0, 0.05) is 0 Å². The predicted molar refractivity (Wildman–Crippen MR) is 58.6 cm³/mol. The van der Waals surface area contributed by atoms with Crippen LogP contribution in [0.4, 0.5) is 0 Å². The van der Waals surface area contributed by atoms with E-state index in [9.17, 15) is 4.79 Å². The summed E-state index contributed by atoms with van der Waals surface area (Å²) in [6, 6.07) is -0.0330. The second-order valence-electron chi connectivity index (χ2n) is 4.79. The van der Waals surface area contributed by atoms with E-state index >= 15 is 0 Å². The summed E-state index contributed by atoms with van der Waals surface area (Å²) < 4.78 is 0. The van der Waals surface area contributed by atoms with E-state index in [1.165, 1.54) is 12.8 Å². The lowest BCUT2D eigenvalue weighted by Gasteiger charge is -2.16. The molecule has 0 spiro atoms. The number of nitrogens with zero attached hydrogens (tertiary/aromatic N) is 3. The molecule has 7 nitrogen and oxygen atoms in total. The molecule has 7 heteroatoms. The van der Waals surface area contributed by atoms with Crippen LogP contribution in [0.25, 0.3) is 0 Å². The summed E-state index contributed by atoms with van der Waals surface area (Å²) in [7, 11) is 0. The van der Waals surface area contributed by atoms with Crippen LogP contribution in [0.3, 0.4) is 0 Å². The highest BCUT2D eigenvalue weighted by atomic mass is 16.2. The lowest BCUT2D eigenvalue weighted by atomic mass is 9.94. The fourth-order valence-electron chi connectivity index (χ4n) is 3.01. The molecule has 2 heterocycles. The van der Waals surface area contributed by atoms with Gasteiger partial charge in [-0.1, -0.05) is 11.6 Å². The van der Waals surface area contributed by atoms with E-state index in [0.29, 0.717) is 24.2 Å². The van der Waals surface area contributed by atoms with Gasteiger partial charge >= 0.3 is 0 Å². The SMILES string of the molecule is O=C(NCc1nn[nH]n1)C1NCC2CCCC21. The van der Waals surface area contributed by atoms with Crippen molar-refractivity contribution in [3.8, 4) is 0 Å². The minimum Gasteiger partial charge on any atom is -0.347 e. The summed E-state index contributed by atoms with van der Waals surface area (Å²) in [6.45, 7) is 1.32. The Kier molecular flexibility index (Phi) is 2.76. The molecular formula is C10H16N6O. The van der Waals surface area contributed by atoms with E-state index < -0.39 is 0 Å². The molecule has 92 valence electrons. The molecule has 17 heavy (non-hydrogen) atoms. The van der Waals surface area contributed by atoms with Crippen molar-refractivity contribution in [3.63, 3.8) is 0 Å². The van der Waals surface area contributed by atoms with Crippen molar-refractivity contribution in [2.45, 2.75) is 31.8 Å². The number of tetrazole rings is 1. The molecule has 3 atom stereocenters. The number of fused-ring (bicyclic) bond motifs is 1. The zero-order valence-corrected chi connectivity index (χ0v) is 9.52. The molecule has 3 N–H and O–H groups in total. The highest BCUT2D eigenvalue weighted by molar-refractivity contribution is 5.82. The molecule has 2 fully saturated rings. The zero-order valence-electron chi connectivity index (χ0n) is 9.52. The Bertz CT molecular complexity index is 392. The van der Waals surface area contributed by atoms with Gasteiger partial charge < -0.3 is 10.6 Å². The topological polar surface area (TPSA) is 95.6 Å². The Morgan fingerprint density at radius 3 is 3.24 bits per heavy atom. The molecule has 1 aliphatic carbocycles. The molecule has 1 amide bonds. The van der Waals surface area contributed by atoms with Gasteiger partial charge in [-0.25, -0.2) is 0 Å². The van der Waals surface area contributed by atoms with Gasteiger partial charge in [-0.15, -0.1) is 10.2 Å². The summed E-state index contributed by atoms with van der Waals surface area (Å²) in [5, 5.41) is 19.6. The first-order valence-electron chi connectivity index (χ1n) is 6.08. The highest BCUT2D eigenvalue weighted by Crippen LogP contribution is 2.37. The maximum absolute atomic E-state index is 12.0. The molecule has 3 unspecified atom stereocenters. The average molecular weight is 236 g/mol. The summed E-state index contributed by atoms with van der Waals surface area (Å²) in [4.78, 5) is 12.0. The number of rotatable bonds is 3. The Labute approximate surface area is 98.7 Å². The number of aromatic amines is 1. The summed E-state index contributed by atoms with van der Waals surface area (Å²) in [5.74, 6) is 1.78. The Balaban J connectivity index is 1.55. The van der Waals surface area contributed by atoms with Crippen LogP contribution in [0.2, 0.25) is 0 Å². The van der Waals surface area contributed by atoms with Crippen LogP contribution in [-0.2, 0) is 11.3 Å². The smallest absolute Gasteiger partial charge is 0.237 e. The molecule has 0 bridgehead atoms. The molecular weight excluding hydrogens is 220 g/mol. The summed E-state index contributed by atoms with van der Waals surface area (Å²) >= 11 is 0. The second kappa shape index (κ2) is 4.40. The van der Waals surface area contributed by atoms with Crippen molar-refractivity contribution >= 4 is 5.91 Å². The standard InChI is InChI=1S/C10H16N6O/c17-10(12-5-8-13-15-16-14-8)9-7-3-1-2-6(7)4-11-9/h6-7,9,11H,1-5H2,(H,12,17)(H,13,14,15,16). The van der Waals surface area contributed by atoms with Crippen LogP contribution in [-0.4, -0.2) is 39.1 Å². The van der Waals surface area contributed by atoms with Crippen molar-refractivity contribution in [3.05, 3.63) is 5.82 Å². The molecule has 1 saturated heterocycles. The number of aromatic nitrogens is 4. The van der Waals surface area contributed by atoms with Gasteiger partial charge in [0.2, 0.25) is 5.91 Å². The van der Waals surface area contributed by atoms with Gasteiger partial charge in [-0.05, 0) is 31.2 Å². The monoisotopic (exact) mass is 236 g/mol. The number of nitrogens with one attached hydrogen (secondary N) is 3. The van der Waals surface area contributed by atoms with E-state index in [1.54, 1.807) is 0 Å². The molecule has 1 aromatic rings. The fourth-order valence-corrected chi connectivity index (χ4v) is 3.01. The molecule has 2 aliphatic rings. The van der Waals surface area contributed by atoms with Crippen LogP contribution in [0.15, 0.2) is 0 Å². The van der Waals surface area contributed by atoms with Gasteiger partial charge in [0.05, 0.1) is 12.6 Å². The Morgan fingerprint density at radius 2 is 2.41 bits per heavy atom. The lowest BCUT2D eigenvalue weighted by molar-refractivity contribution is -0.124. The van der Waals surface area contributed by atoms with E-state index in [-0.39, 0.29) is 11.9 Å². The van der Waals surface area contributed by atoms with Crippen LogP contribution in [0, 0.1) is 11.8 Å². The molecule has 1 saturated carbocycles. The van der Waals surface area contributed by atoms with Crippen LogP contribution >= 0.6 is 0 Å². The first kappa shape index (κ1) is 10.6. The molecule has 1 aromatic heterocycles. The average Bonchev–Trinajstić information content (AvgIpc) is 3.02. The predicted octanol–water partition coefficient (Wildman–Crippen LogP) is -0.796. The van der Waals surface area contributed by atoms with Gasteiger partial charge in [0.15, 0.2) is 5.82 Å².